The van der Waals surface area contributed by atoms with E-state index in [1.165, 1.54) is 19.3 Å². The monoisotopic (exact) mass is 316 g/mol. The summed E-state index contributed by atoms with van der Waals surface area (Å²) in [4.78, 5) is 2.89. The van der Waals surface area contributed by atoms with Gasteiger partial charge in [0.15, 0.2) is 8.32 Å². The van der Waals surface area contributed by atoms with E-state index in [9.17, 15) is 0 Å². The zero-order valence-electron chi connectivity index (χ0n) is 11.8. The highest BCUT2D eigenvalue weighted by molar-refractivity contribution is 9.12. The van der Waals surface area contributed by atoms with Gasteiger partial charge < -0.3 is 4.43 Å². The third-order valence-corrected chi connectivity index (χ3v) is 9.12. The number of rotatable bonds is 4. The Kier molecular flexibility index (Phi) is 5.31. The highest BCUT2D eigenvalue weighted by Gasteiger charge is 2.38. The average molecular weight is 317 g/mol. The van der Waals surface area contributed by atoms with Crippen molar-refractivity contribution in [2.75, 3.05) is 6.61 Å². The molecule has 1 saturated carbocycles. The lowest BCUT2D eigenvalue weighted by atomic mass is 9.76. The van der Waals surface area contributed by atoms with Gasteiger partial charge in [0, 0.05) is 28.5 Å². The summed E-state index contributed by atoms with van der Waals surface area (Å²) in [5, 5.41) is 0.291. The first-order valence-electron chi connectivity index (χ1n) is 6.53. The van der Waals surface area contributed by atoms with Crippen LogP contribution in [0.4, 0.5) is 0 Å². The third kappa shape index (κ3) is 4.12. The molecule has 1 atom stereocenters. The van der Waals surface area contributed by atoms with E-state index in [-0.39, 0.29) is 0 Å². The Morgan fingerprint density at radius 1 is 1.35 bits per heavy atom. The maximum Gasteiger partial charge on any atom is 0.192 e. The van der Waals surface area contributed by atoms with Crippen LogP contribution in [-0.4, -0.2) is 14.9 Å². The molecule has 0 N–H and O–H groups in total. The third-order valence-electron chi connectivity index (χ3n) is 4.39. The van der Waals surface area contributed by atoms with Crippen LogP contribution in [0.25, 0.3) is 0 Å². The van der Waals surface area contributed by atoms with Crippen molar-refractivity contribution in [3.8, 4) is 10.8 Å². The smallest absolute Gasteiger partial charge is 0.192 e. The zero-order chi connectivity index (χ0) is 13.1. The molecule has 3 heteroatoms. The normalized spacial score (nSPS) is 19.2. The minimum absolute atomic E-state index is 0.291. The molecule has 1 aliphatic carbocycles. The molecule has 0 aliphatic heterocycles. The molecule has 1 aliphatic rings. The molecule has 1 unspecified atom stereocenters. The molecule has 0 aromatic heterocycles. The lowest BCUT2D eigenvalue weighted by Gasteiger charge is -2.38. The highest BCUT2D eigenvalue weighted by Crippen LogP contribution is 2.38. The van der Waals surface area contributed by atoms with Gasteiger partial charge in [0.05, 0.1) is 0 Å². The van der Waals surface area contributed by atoms with Crippen LogP contribution in [0.1, 0.15) is 40.0 Å². The molecule has 0 saturated heterocycles. The largest absolute Gasteiger partial charge is 0.416 e. The van der Waals surface area contributed by atoms with Crippen LogP contribution in [0.5, 0.6) is 0 Å². The van der Waals surface area contributed by atoms with E-state index in [1.807, 2.05) is 0 Å². The predicted molar refractivity (Wildman–Crippen MR) is 80.7 cm³/mol. The zero-order valence-corrected chi connectivity index (χ0v) is 14.4. The molecular formula is C14H25BrOSi. The molecule has 98 valence electrons. The Labute approximate surface area is 116 Å². The molecule has 0 amide bonds. The van der Waals surface area contributed by atoms with E-state index < -0.39 is 8.32 Å². The molecule has 0 spiro atoms. The van der Waals surface area contributed by atoms with Crippen molar-refractivity contribution in [3.63, 3.8) is 0 Å². The average Bonchev–Trinajstić information content (AvgIpc) is 2.10. The van der Waals surface area contributed by atoms with Crippen molar-refractivity contribution in [2.24, 2.45) is 11.8 Å². The second kappa shape index (κ2) is 5.91. The lowest BCUT2D eigenvalue weighted by Crippen LogP contribution is -2.42. The summed E-state index contributed by atoms with van der Waals surface area (Å²) < 4.78 is 6.28. The Balaban J connectivity index is 2.53. The van der Waals surface area contributed by atoms with Crippen LogP contribution in [-0.2, 0) is 4.43 Å². The summed E-state index contributed by atoms with van der Waals surface area (Å²) in [6.45, 7) is 12.3. The first kappa shape index (κ1) is 15.3. The summed E-state index contributed by atoms with van der Waals surface area (Å²) in [6, 6.07) is 0. The van der Waals surface area contributed by atoms with E-state index in [0.717, 1.165) is 12.5 Å². The molecule has 17 heavy (non-hydrogen) atoms. The van der Waals surface area contributed by atoms with Gasteiger partial charge in [-0.3, -0.25) is 0 Å². The summed E-state index contributed by atoms with van der Waals surface area (Å²) in [5.41, 5.74) is 0. The fourth-order valence-electron chi connectivity index (χ4n) is 1.72. The maximum absolute atomic E-state index is 6.28. The van der Waals surface area contributed by atoms with Gasteiger partial charge in [-0.2, -0.15) is 0 Å². The van der Waals surface area contributed by atoms with Crippen molar-refractivity contribution in [1.82, 2.24) is 0 Å². The SMILES string of the molecule is CC(C)(C)[Si](C)(C)OCC(C#CBr)C1CCC1. The first-order chi connectivity index (χ1) is 7.78. The number of hydrogen-bond donors (Lipinski definition) is 0. The predicted octanol–water partition coefficient (Wildman–Crippen LogP) is 4.78. The number of hydrogen-bond acceptors (Lipinski definition) is 1. The Hall–Kier alpha value is 0.217. The van der Waals surface area contributed by atoms with Crippen molar-refractivity contribution < 1.29 is 4.43 Å². The van der Waals surface area contributed by atoms with Crippen molar-refractivity contribution in [1.29, 1.82) is 0 Å². The van der Waals surface area contributed by atoms with E-state index in [4.69, 9.17) is 4.43 Å². The fourth-order valence-corrected chi connectivity index (χ4v) is 3.05. The van der Waals surface area contributed by atoms with Gasteiger partial charge >= 0.3 is 0 Å². The van der Waals surface area contributed by atoms with E-state index in [2.05, 4.69) is 60.5 Å². The second-order valence-corrected chi connectivity index (χ2v) is 11.8. The lowest BCUT2D eigenvalue weighted by molar-refractivity contribution is 0.165. The molecule has 0 aromatic carbocycles. The minimum atomic E-state index is -1.61. The van der Waals surface area contributed by atoms with Crippen molar-refractivity contribution >= 4 is 24.2 Å². The molecule has 1 rings (SSSR count). The second-order valence-electron chi connectivity index (χ2n) is 6.61. The molecule has 1 fully saturated rings. The molecule has 0 heterocycles. The van der Waals surface area contributed by atoms with Gasteiger partial charge in [0.1, 0.15) is 0 Å². The van der Waals surface area contributed by atoms with E-state index in [0.29, 0.717) is 11.0 Å². The molecule has 0 radical (unpaired) electrons. The van der Waals surface area contributed by atoms with Crippen molar-refractivity contribution in [3.05, 3.63) is 0 Å². The van der Waals surface area contributed by atoms with E-state index in [1.54, 1.807) is 0 Å². The minimum Gasteiger partial charge on any atom is -0.416 e. The van der Waals surface area contributed by atoms with Gasteiger partial charge in [-0.25, -0.2) is 0 Å². The summed E-state index contributed by atoms with van der Waals surface area (Å²) in [6.07, 6.45) is 4.02. The molecular weight excluding hydrogens is 292 g/mol. The Bertz CT molecular complexity index is 304. The fraction of sp³-hybridized carbons (Fsp3) is 0.857. The maximum atomic E-state index is 6.28. The molecule has 1 nitrogen and oxygen atoms in total. The van der Waals surface area contributed by atoms with Crippen LogP contribution in [0.3, 0.4) is 0 Å². The van der Waals surface area contributed by atoms with Gasteiger partial charge in [0.25, 0.3) is 0 Å². The summed E-state index contributed by atoms with van der Waals surface area (Å²) in [7, 11) is -1.61. The van der Waals surface area contributed by atoms with Gasteiger partial charge in [-0.1, -0.05) is 33.1 Å². The van der Waals surface area contributed by atoms with Crippen LogP contribution in [0.15, 0.2) is 0 Å². The van der Waals surface area contributed by atoms with Crippen LogP contribution in [0.2, 0.25) is 18.1 Å². The molecule has 0 bridgehead atoms. The van der Waals surface area contributed by atoms with E-state index >= 15 is 0 Å². The van der Waals surface area contributed by atoms with Gasteiger partial charge in [-0.15, -0.1) is 0 Å². The van der Waals surface area contributed by atoms with Crippen LogP contribution >= 0.6 is 15.9 Å². The highest BCUT2D eigenvalue weighted by atomic mass is 79.9. The van der Waals surface area contributed by atoms with Crippen LogP contribution < -0.4 is 0 Å². The standard InChI is InChI=1S/C14H25BrOSi/c1-14(2,3)17(4,5)16-11-13(9-10-15)12-7-6-8-12/h12-13H,6-8,11H2,1-5H3. The summed E-state index contributed by atoms with van der Waals surface area (Å²) >= 11 is 3.23. The number of halogens is 1. The van der Waals surface area contributed by atoms with Gasteiger partial charge in [-0.05, 0) is 41.7 Å². The Morgan fingerprint density at radius 2 is 1.94 bits per heavy atom. The first-order valence-corrected chi connectivity index (χ1v) is 10.2. The Morgan fingerprint density at radius 3 is 2.29 bits per heavy atom. The van der Waals surface area contributed by atoms with Crippen molar-refractivity contribution in [2.45, 2.75) is 58.2 Å². The summed E-state index contributed by atoms with van der Waals surface area (Å²) in [5.74, 6) is 4.47. The quantitative estimate of drug-likeness (QED) is 0.535. The van der Waals surface area contributed by atoms with Crippen LogP contribution in [0, 0.1) is 22.6 Å². The topological polar surface area (TPSA) is 9.23 Å². The van der Waals surface area contributed by atoms with Gasteiger partial charge in [0.2, 0.25) is 0 Å². The molecule has 0 aromatic rings.